The second kappa shape index (κ2) is 10.6. The molecule has 4 nitrogen and oxygen atoms in total. The second-order valence-electron chi connectivity index (χ2n) is 6.93. The van der Waals surface area contributed by atoms with Gasteiger partial charge in [0.1, 0.15) is 0 Å². The molecule has 0 saturated heterocycles. The minimum Gasteiger partial charge on any atom is -0.469 e. The Morgan fingerprint density at radius 1 is 0.964 bits per heavy atom. The van der Waals surface area contributed by atoms with Crippen LogP contribution in [0.5, 0.6) is 0 Å². The third-order valence-electron chi connectivity index (χ3n) is 4.46. The van der Waals surface area contributed by atoms with E-state index in [4.69, 9.17) is 0 Å². The molecule has 2 rings (SSSR count). The van der Waals surface area contributed by atoms with Gasteiger partial charge in [0.25, 0.3) is 0 Å². The lowest BCUT2D eigenvalue weighted by atomic mass is 9.96. The maximum atomic E-state index is 11.2. The van der Waals surface area contributed by atoms with Crippen LogP contribution < -0.4 is 0 Å². The van der Waals surface area contributed by atoms with E-state index in [0.29, 0.717) is 0 Å². The van der Waals surface area contributed by atoms with E-state index >= 15 is 0 Å². The zero-order valence-electron chi connectivity index (χ0n) is 16.6. The van der Waals surface area contributed by atoms with Gasteiger partial charge >= 0.3 is 5.97 Å². The predicted octanol–water partition coefficient (Wildman–Crippen LogP) is 3.97. The van der Waals surface area contributed by atoms with Crippen molar-refractivity contribution in [2.45, 2.75) is 38.9 Å². The number of carbonyl (C=O) groups excluding carboxylic acids is 1. The maximum Gasteiger partial charge on any atom is 0.308 e. The van der Waals surface area contributed by atoms with Crippen molar-refractivity contribution < 1.29 is 19.7 Å². The summed E-state index contributed by atoms with van der Waals surface area (Å²) < 4.78 is 4.52. The second-order valence-corrected chi connectivity index (χ2v) is 6.93. The highest BCUT2D eigenvalue weighted by atomic mass is 16.5. The highest BCUT2D eigenvalue weighted by Crippen LogP contribution is 2.24. The highest BCUT2D eigenvalue weighted by molar-refractivity contribution is 5.81. The first-order chi connectivity index (χ1) is 13.4. The number of rotatable bonds is 8. The molecule has 148 valence electrons. The van der Waals surface area contributed by atoms with Gasteiger partial charge in [0.05, 0.1) is 25.7 Å². The maximum absolute atomic E-state index is 11.2. The summed E-state index contributed by atoms with van der Waals surface area (Å²) in [6.07, 6.45) is 3.50. The molecule has 2 N–H and O–H groups in total. The topological polar surface area (TPSA) is 66.8 Å². The van der Waals surface area contributed by atoms with Crippen molar-refractivity contribution in [1.82, 2.24) is 0 Å². The molecule has 0 saturated carbocycles. The van der Waals surface area contributed by atoms with Crippen molar-refractivity contribution in [1.29, 1.82) is 0 Å². The molecule has 4 heteroatoms. The van der Waals surface area contributed by atoms with Crippen LogP contribution in [0.15, 0.2) is 66.8 Å². The summed E-state index contributed by atoms with van der Waals surface area (Å²) in [4.78, 5) is 11.2. The van der Waals surface area contributed by atoms with Crippen LogP contribution in [0.1, 0.15) is 35.1 Å². The average Bonchev–Trinajstić information content (AvgIpc) is 2.67. The molecule has 28 heavy (non-hydrogen) atoms. The molecule has 0 spiro atoms. The average molecular weight is 380 g/mol. The Morgan fingerprint density at radius 2 is 1.46 bits per heavy atom. The van der Waals surface area contributed by atoms with E-state index in [0.717, 1.165) is 16.7 Å². The van der Waals surface area contributed by atoms with Crippen LogP contribution in [0.2, 0.25) is 0 Å². The van der Waals surface area contributed by atoms with Crippen LogP contribution in [-0.2, 0) is 9.53 Å². The Kier molecular flexibility index (Phi) is 8.18. The van der Waals surface area contributed by atoms with Crippen molar-refractivity contribution in [2.75, 3.05) is 7.11 Å². The van der Waals surface area contributed by atoms with Crippen LogP contribution in [0, 0.1) is 13.8 Å². The predicted molar refractivity (Wildman–Crippen MR) is 112 cm³/mol. The summed E-state index contributed by atoms with van der Waals surface area (Å²) in [7, 11) is 1.27. The fourth-order valence-electron chi connectivity index (χ4n) is 2.82. The number of ether oxygens (including phenoxy) is 1. The van der Waals surface area contributed by atoms with E-state index in [1.165, 1.54) is 18.2 Å². The Bertz CT molecular complexity index is 769. The normalized spacial score (nSPS) is 13.2. The molecule has 2 atom stereocenters. The van der Waals surface area contributed by atoms with Crippen molar-refractivity contribution in [3.8, 4) is 0 Å². The number of aryl methyl sites for hydroxylation is 2. The van der Waals surface area contributed by atoms with E-state index in [2.05, 4.69) is 67.1 Å². The van der Waals surface area contributed by atoms with Gasteiger partial charge in [-0.25, -0.2) is 0 Å². The van der Waals surface area contributed by atoms with Gasteiger partial charge in [0.2, 0.25) is 0 Å². The SMILES string of the molecule is COC(=O)C[C@H](O)C[C@H](O)/C=C/C=C(c1ccc(C)cc1)c1ccc(C)cc1. The number of methoxy groups -OCH3 is 1. The standard InChI is InChI=1S/C24H28O4/c1-17-7-11-19(12-8-17)23(20-13-9-18(2)10-14-20)6-4-5-21(25)15-22(26)16-24(27)28-3/h4-14,21-22,25-26H,15-16H2,1-3H3/b5-4+/t21-,22-/m1/s1. The lowest BCUT2D eigenvalue weighted by Crippen LogP contribution is -2.20. The van der Waals surface area contributed by atoms with Crippen LogP contribution in [0.25, 0.3) is 5.57 Å². The quantitative estimate of drug-likeness (QED) is 0.537. The van der Waals surface area contributed by atoms with Crippen molar-refractivity contribution >= 4 is 11.5 Å². The lowest BCUT2D eigenvalue weighted by Gasteiger charge is -2.12. The molecular weight excluding hydrogens is 352 g/mol. The summed E-state index contributed by atoms with van der Waals surface area (Å²) in [5.74, 6) is -0.496. The number of aliphatic hydroxyl groups is 2. The smallest absolute Gasteiger partial charge is 0.308 e. The van der Waals surface area contributed by atoms with E-state index in [9.17, 15) is 15.0 Å². The molecular formula is C24H28O4. The number of hydrogen-bond donors (Lipinski definition) is 2. The summed E-state index contributed by atoms with van der Waals surface area (Å²) in [5.41, 5.74) is 5.59. The molecule has 0 amide bonds. The number of benzene rings is 2. The van der Waals surface area contributed by atoms with E-state index in [1.54, 1.807) is 12.2 Å². The van der Waals surface area contributed by atoms with Crippen molar-refractivity contribution in [3.63, 3.8) is 0 Å². The Balaban J connectivity index is 2.17. The van der Waals surface area contributed by atoms with Gasteiger partial charge in [-0.05, 0) is 30.5 Å². The summed E-state index contributed by atoms with van der Waals surface area (Å²) >= 11 is 0. The molecule has 0 aliphatic heterocycles. The first-order valence-corrected chi connectivity index (χ1v) is 9.34. The number of carbonyl (C=O) groups is 1. The fraction of sp³-hybridized carbons (Fsp3) is 0.292. The Labute approximate surface area is 166 Å². The third-order valence-corrected chi connectivity index (χ3v) is 4.46. The molecule has 0 bridgehead atoms. The number of esters is 1. The van der Waals surface area contributed by atoms with Crippen LogP contribution in [0.3, 0.4) is 0 Å². The highest BCUT2D eigenvalue weighted by Gasteiger charge is 2.14. The van der Waals surface area contributed by atoms with Gasteiger partial charge in [-0.15, -0.1) is 0 Å². The zero-order valence-corrected chi connectivity index (χ0v) is 16.6. The van der Waals surface area contributed by atoms with Crippen LogP contribution in [-0.4, -0.2) is 35.5 Å². The number of allylic oxidation sites excluding steroid dienone is 2. The molecule has 0 heterocycles. The molecule has 2 aromatic rings. The van der Waals surface area contributed by atoms with Gasteiger partial charge in [0.15, 0.2) is 0 Å². The molecule has 0 aliphatic rings. The lowest BCUT2D eigenvalue weighted by molar-refractivity contribution is -0.143. The van der Waals surface area contributed by atoms with Crippen LogP contribution in [0.4, 0.5) is 0 Å². The largest absolute Gasteiger partial charge is 0.469 e. The molecule has 0 unspecified atom stereocenters. The summed E-state index contributed by atoms with van der Waals surface area (Å²) in [6, 6.07) is 16.6. The van der Waals surface area contributed by atoms with Gasteiger partial charge in [-0.3, -0.25) is 4.79 Å². The molecule has 0 aliphatic carbocycles. The van der Waals surface area contributed by atoms with Gasteiger partial charge < -0.3 is 14.9 Å². The van der Waals surface area contributed by atoms with Gasteiger partial charge in [-0.1, -0.05) is 77.9 Å². The van der Waals surface area contributed by atoms with Crippen molar-refractivity contribution in [3.05, 3.63) is 89.0 Å². The minimum atomic E-state index is -0.940. The number of aliphatic hydroxyl groups excluding tert-OH is 2. The molecule has 0 radical (unpaired) electrons. The first kappa shape index (κ1) is 21.6. The summed E-state index contributed by atoms with van der Waals surface area (Å²) in [5, 5.41) is 19.9. The van der Waals surface area contributed by atoms with Gasteiger partial charge in [0, 0.05) is 6.42 Å². The molecule has 0 fully saturated rings. The first-order valence-electron chi connectivity index (χ1n) is 9.34. The van der Waals surface area contributed by atoms with Crippen LogP contribution >= 0.6 is 0 Å². The van der Waals surface area contributed by atoms with E-state index in [-0.39, 0.29) is 12.8 Å². The Hall–Kier alpha value is -2.69. The van der Waals surface area contributed by atoms with E-state index in [1.807, 2.05) is 6.08 Å². The molecule has 2 aromatic carbocycles. The number of hydrogen-bond acceptors (Lipinski definition) is 4. The minimum absolute atomic E-state index is 0.0733. The van der Waals surface area contributed by atoms with E-state index < -0.39 is 18.2 Å². The third kappa shape index (κ3) is 6.80. The molecule has 0 aromatic heterocycles. The van der Waals surface area contributed by atoms with Crippen molar-refractivity contribution in [2.24, 2.45) is 0 Å². The fourth-order valence-corrected chi connectivity index (χ4v) is 2.82. The van der Waals surface area contributed by atoms with Gasteiger partial charge in [-0.2, -0.15) is 0 Å². The zero-order chi connectivity index (χ0) is 20.5. The monoisotopic (exact) mass is 380 g/mol. The summed E-state index contributed by atoms with van der Waals surface area (Å²) in [6.45, 7) is 4.10. The Morgan fingerprint density at radius 3 is 1.93 bits per heavy atom.